The highest BCUT2D eigenvalue weighted by Gasteiger charge is 2.37. The number of amides is 2. The predicted molar refractivity (Wildman–Crippen MR) is 151 cm³/mol. The number of carbonyl (C=O) groups excluding carboxylic acids is 2. The zero-order valence-electron chi connectivity index (χ0n) is 22.6. The monoisotopic (exact) mass is 526 g/mol. The molecular formula is C30H34N6O3. The summed E-state index contributed by atoms with van der Waals surface area (Å²) in [5.74, 6) is 0.501. The van der Waals surface area contributed by atoms with Crippen molar-refractivity contribution in [1.82, 2.24) is 19.8 Å². The molecule has 0 radical (unpaired) electrons. The summed E-state index contributed by atoms with van der Waals surface area (Å²) >= 11 is 0. The van der Waals surface area contributed by atoms with E-state index >= 15 is 0 Å². The van der Waals surface area contributed by atoms with Crippen molar-refractivity contribution < 1.29 is 14.3 Å². The minimum atomic E-state index is -0.146. The first kappa shape index (κ1) is 25.3. The van der Waals surface area contributed by atoms with Crippen LogP contribution < -0.4 is 14.5 Å². The Kier molecular flexibility index (Phi) is 6.68. The summed E-state index contributed by atoms with van der Waals surface area (Å²) in [5.41, 5.74) is 3.19. The first-order valence-electron chi connectivity index (χ1n) is 13.6. The molecule has 3 aliphatic heterocycles. The number of aromatic nitrogens is 2. The maximum atomic E-state index is 13.9. The molecule has 0 spiro atoms. The molecule has 39 heavy (non-hydrogen) atoms. The van der Waals surface area contributed by atoms with E-state index in [1.54, 1.807) is 4.90 Å². The van der Waals surface area contributed by atoms with Crippen LogP contribution in [0.25, 0.3) is 10.8 Å². The van der Waals surface area contributed by atoms with Gasteiger partial charge in [0.25, 0.3) is 5.91 Å². The number of aryl methyl sites for hydroxylation is 1. The Morgan fingerprint density at radius 2 is 1.87 bits per heavy atom. The molecular weight excluding hydrogens is 492 g/mol. The number of likely N-dealkylation sites (tertiary alicyclic amines) is 1. The van der Waals surface area contributed by atoms with Gasteiger partial charge < -0.3 is 24.3 Å². The van der Waals surface area contributed by atoms with Crippen molar-refractivity contribution in [1.29, 1.82) is 0 Å². The molecule has 2 amide bonds. The molecule has 0 aliphatic carbocycles. The van der Waals surface area contributed by atoms with Crippen molar-refractivity contribution in [2.75, 3.05) is 56.2 Å². The number of likely N-dealkylation sites (N-methyl/N-ethyl adjacent to an activating group) is 1. The maximum Gasteiger partial charge on any atom is 0.319 e. The summed E-state index contributed by atoms with van der Waals surface area (Å²) in [4.78, 5) is 43.6. The van der Waals surface area contributed by atoms with Gasteiger partial charge in [-0.15, -0.1) is 0 Å². The zero-order chi connectivity index (χ0) is 27.1. The molecule has 0 saturated carbocycles. The number of carbonyl (C=O) groups is 2. The minimum Gasteiger partial charge on any atom is -0.462 e. The van der Waals surface area contributed by atoms with Crippen LogP contribution in [0.3, 0.4) is 0 Å². The van der Waals surface area contributed by atoms with E-state index in [1.807, 2.05) is 23.1 Å². The van der Waals surface area contributed by atoms with Crippen molar-refractivity contribution in [2.45, 2.75) is 32.4 Å². The van der Waals surface area contributed by atoms with Crippen molar-refractivity contribution in [2.24, 2.45) is 0 Å². The number of anilines is 2. The standard InChI is InChI=1S/C30H34N6O3/c1-4-25(37)34-14-16-35(17-15-34)28-23-18-36(24-12-6-10-21-9-5-8-20(2)26(21)24)29(38)27(23)31-30(32-28)39-19-22-11-7-13-33(22)3/h4-6,8-10,12,22H,1,7,11,13-19H2,2-3H3/t22-/m0/s1. The number of rotatable bonds is 6. The van der Waals surface area contributed by atoms with E-state index in [0.717, 1.165) is 47.0 Å². The average molecular weight is 527 g/mol. The predicted octanol–water partition coefficient (Wildman–Crippen LogP) is 3.41. The van der Waals surface area contributed by atoms with Crippen molar-refractivity contribution in [3.05, 3.63) is 65.9 Å². The SMILES string of the molecule is C=CC(=O)N1CCN(c2nc(OC[C@@H]3CCCN3C)nc3c2CN(c2cccc4cccc(C)c24)C3=O)CC1. The lowest BCUT2D eigenvalue weighted by atomic mass is 10.0. The summed E-state index contributed by atoms with van der Waals surface area (Å²) in [7, 11) is 2.10. The zero-order valence-corrected chi connectivity index (χ0v) is 22.6. The molecule has 0 bridgehead atoms. The average Bonchev–Trinajstić information content (AvgIpc) is 3.53. The second-order valence-electron chi connectivity index (χ2n) is 10.6. The first-order chi connectivity index (χ1) is 18.9. The quantitative estimate of drug-likeness (QED) is 0.456. The van der Waals surface area contributed by atoms with E-state index in [4.69, 9.17) is 9.72 Å². The van der Waals surface area contributed by atoms with Crippen LogP contribution in [0.15, 0.2) is 49.1 Å². The highest BCUT2D eigenvalue weighted by molar-refractivity contribution is 6.14. The fraction of sp³-hybridized carbons (Fsp3) is 0.400. The topological polar surface area (TPSA) is 82.1 Å². The molecule has 9 nitrogen and oxygen atoms in total. The molecule has 1 atom stereocenters. The molecule has 0 N–H and O–H groups in total. The van der Waals surface area contributed by atoms with Gasteiger partial charge in [0.1, 0.15) is 18.1 Å². The lowest BCUT2D eigenvalue weighted by molar-refractivity contribution is -0.126. The number of nitrogens with zero attached hydrogens (tertiary/aromatic N) is 6. The Balaban J connectivity index is 1.35. The largest absolute Gasteiger partial charge is 0.462 e. The van der Waals surface area contributed by atoms with Crippen LogP contribution in [0, 0.1) is 6.92 Å². The summed E-state index contributed by atoms with van der Waals surface area (Å²) in [6.07, 6.45) is 3.57. The molecule has 4 heterocycles. The smallest absolute Gasteiger partial charge is 0.319 e. The highest BCUT2D eigenvalue weighted by atomic mass is 16.5. The van der Waals surface area contributed by atoms with E-state index in [1.165, 1.54) is 6.08 Å². The molecule has 2 fully saturated rings. The molecule has 9 heteroatoms. The first-order valence-corrected chi connectivity index (χ1v) is 13.6. The van der Waals surface area contributed by atoms with Crippen LogP contribution in [0.1, 0.15) is 34.5 Å². The van der Waals surface area contributed by atoms with Gasteiger partial charge in [0.05, 0.1) is 12.2 Å². The van der Waals surface area contributed by atoms with E-state index in [9.17, 15) is 9.59 Å². The van der Waals surface area contributed by atoms with Gasteiger partial charge in [-0.2, -0.15) is 9.97 Å². The summed E-state index contributed by atoms with van der Waals surface area (Å²) in [5, 5.41) is 2.16. The fourth-order valence-electron chi connectivity index (χ4n) is 6.01. The summed E-state index contributed by atoms with van der Waals surface area (Å²) in [6, 6.07) is 12.8. The van der Waals surface area contributed by atoms with Crippen LogP contribution in [-0.2, 0) is 11.3 Å². The van der Waals surface area contributed by atoms with Crippen LogP contribution in [0.2, 0.25) is 0 Å². The summed E-state index contributed by atoms with van der Waals surface area (Å²) < 4.78 is 6.13. The second-order valence-corrected chi connectivity index (χ2v) is 10.6. The molecule has 3 aliphatic rings. The lowest BCUT2D eigenvalue weighted by Crippen LogP contribution is -2.48. The normalized spacial score (nSPS) is 19.6. The van der Waals surface area contributed by atoms with Gasteiger partial charge >= 0.3 is 6.01 Å². The Morgan fingerprint density at radius 1 is 1.10 bits per heavy atom. The van der Waals surface area contributed by atoms with Gasteiger partial charge in [0, 0.05) is 43.2 Å². The Morgan fingerprint density at radius 3 is 2.59 bits per heavy atom. The number of fused-ring (bicyclic) bond motifs is 2. The van der Waals surface area contributed by atoms with E-state index in [-0.39, 0.29) is 17.8 Å². The number of hydrogen-bond donors (Lipinski definition) is 0. The van der Waals surface area contributed by atoms with Gasteiger partial charge in [0.15, 0.2) is 0 Å². The Hall–Kier alpha value is -3.98. The highest BCUT2D eigenvalue weighted by Crippen LogP contribution is 2.38. The molecule has 202 valence electrons. The van der Waals surface area contributed by atoms with Gasteiger partial charge in [-0.25, -0.2) is 0 Å². The lowest BCUT2D eigenvalue weighted by Gasteiger charge is -2.35. The number of piperazine rings is 1. The minimum absolute atomic E-state index is 0.0695. The van der Waals surface area contributed by atoms with Crippen LogP contribution in [0.5, 0.6) is 6.01 Å². The number of benzene rings is 2. The van der Waals surface area contributed by atoms with Gasteiger partial charge in [-0.1, -0.05) is 36.9 Å². The van der Waals surface area contributed by atoms with Crippen molar-refractivity contribution in [3.8, 4) is 6.01 Å². The Bertz CT molecular complexity index is 1440. The summed E-state index contributed by atoms with van der Waals surface area (Å²) in [6.45, 7) is 9.94. The third-order valence-electron chi connectivity index (χ3n) is 8.25. The molecule has 6 rings (SSSR count). The number of ether oxygens (including phenoxy) is 1. The van der Waals surface area contributed by atoms with Crippen LogP contribution in [0.4, 0.5) is 11.5 Å². The van der Waals surface area contributed by atoms with Crippen molar-refractivity contribution in [3.63, 3.8) is 0 Å². The second kappa shape index (κ2) is 10.3. The third-order valence-corrected chi connectivity index (χ3v) is 8.25. The van der Waals surface area contributed by atoms with Crippen LogP contribution in [-0.4, -0.2) is 84.0 Å². The third kappa shape index (κ3) is 4.61. The molecule has 0 unspecified atom stereocenters. The van der Waals surface area contributed by atoms with E-state index in [0.29, 0.717) is 56.9 Å². The van der Waals surface area contributed by atoms with Crippen LogP contribution >= 0.6 is 0 Å². The van der Waals surface area contributed by atoms with Gasteiger partial charge in [0.2, 0.25) is 5.91 Å². The molecule has 2 aromatic carbocycles. The molecule has 2 saturated heterocycles. The van der Waals surface area contributed by atoms with Gasteiger partial charge in [-0.05, 0) is 56.4 Å². The van der Waals surface area contributed by atoms with Gasteiger partial charge in [-0.3, -0.25) is 9.59 Å². The van der Waals surface area contributed by atoms with E-state index < -0.39 is 0 Å². The number of hydrogen-bond acceptors (Lipinski definition) is 7. The van der Waals surface area contributed by atoms with Crippen molar-refractivity contribution >= 4 is 34.1 Å². The Labute approximate surface area is 228 Å². The van der Waals surface area contributed by atoms with E-state index in [2.05, 4.69) is 53.5 Å². The molecule has 3 aromatic rings. The molecule has 1 aromatic heterocycles. The maximum absolute atomic E-state index is 13.9. The fourth-order valence-corrected chi connectivity index (χ4v) is 6.01.